The predicted octanol–water partition coefficient (Wildman–Crippen LogP) is 15.7. The minimum absolute atomic E-state index is 0.283. The molecule has 0 fully saturated rings. The Morgan fingerprint density at radius 2 is 0.900 bits per heavy atom. The molecular weight excluding hydrogens is 742 g/mol. The highest BCUT2D eigenvalue weighted by molar-refractivity contribution is 6.18. The number of anilines is 6. The molecule has 0 aliphatic heterocycles. The van der Waals surface area contributed by atoms with Crippen molar-refractivity contribution in [1.29, 1.82) is 0 Å². The lowest BCUT2D eigenvalue weighted by Gasteiger charge is -2.30. The summed E-state index contributed by atoms with van der Waals surface area (Å²) < 4.78 is 29.6. The van der Waals surface area contributed by atoms with E-state index in [1.165, 1.54) is 12.1 Å². The Hall–Kier alpha value is -8.09. The van der Waals surface area contributed by atoms with Gasteiger partial charge in [0.25, 0.3) is 0 Å². The smallest absolute Gasteiger partial charge is 0.137 e. The number of furan rings is 2. The molecule has 5 nitrogen and oxygen atoms in total. The number of para-hydroxylation sites is 5. The lowest BCUT2D eigenvalue weighted by atomic mass is 10.0. The molecule has 0 aliphatic rings. The molecule has 0 N–H and O–H groups in total. The normalized spacial score (nSPS) is 11.8. The third-order valence-electron chi connectivity index (χ3n) is 11.6. The molecule has 3 aromatic heterocycles. The topological polar surface area (TPSA) is 37.7 Å². The van der Waals surface area contributed by atoms with E-state index in [4.69, 9.17) is 8.83 Å². The Labute approximate surface area is 343 Å². The highest BCUT2D eigenvalue weighted by Crippen LogP contribution is 2.49. The van der Waals surface area contributed by atoms with Crippen LogP contribution in [0.1, 0.15) is 0 Å². The predicted molar refractivity (Wildman–Crippen MR) is 245 cm³/mol. The second-order valence-electron chi connectivity index (χ2n) is 15.1. The summed E-state index contributed by atoms with van der Waals surface area (Å²) in [6, 6.07) is 70.0. The van der Waals surface area contributed by atoms with E-state index in [1.54, 1.807) is 0 Å². The molecule has 9 aromatic carbocycles. The van der Waals surface area contributed by atoms with Gasteiger partial charge in [0.05, 0.1) is 22.4 Å². The first-order valence-electron chi connectivity index (χ1n) is 20.0. The molecule has 0 radical (unpaired) electrons. The van der Waals surface area contributed by atoms with Gasteiger partial charge < -0.3 is 23.2 Å². The van der Waals surface area contributed by atoms with E-state index in [-0.39, 0.29) is 5.82 Å². The van der Waals surface area contributed by atoms with E-state index < -0.39 is 0 Å². The van der Waals surface area contributed by atoms with E-state index in [1.807, 2.05) is 54.6 Å². The largest absolute Gasteiger partial charge is 0.456 e. The second-order valence-corrected chi connectivity index (χ2v) is 15.1. The van der Waals surface area contributed by atoms with Gasteiger partial charge in [-0.2, -0.15) is 0 Å². The molecule has 0 saturated carbocycles. The standard InChI is InChI=1S/C54H34FN3O2/c55-35-23-25-38(26-24-35)58-47-20-10-7-19-45(47)54-48(57(37-15-5-2-6-16-37)39-28-30-52-46(31-39)43-18-9-12-22-51(43)59-52)32-41(33-49(54)58)56(36-13-3-1-4-14-36)40-27-29-44-42-17-8-11-21-50(42)60-53(44)34-40/h1-34H. The van der Waals surface area contributed by atoms with E-state index in [9.17, 15) is 4.39 Å². The summed E-state index contributed by atoms with van der Waals surface area (Å²) in [6.07, 6.45) is 0. The zero-order valence-corrected chi connectivity index (χ0v) is 32.2. The minimum atomic E-state index is -0.283. The maximum Gasteiger partial charge on any atom is 0.137 e. The molecular formula is C54H34FN3O2. The highest BCUT2D eigenvalue weighted by atomic mass is 19.1. The number of fused-ring (bicyclic) bond motifs is 9. The molecule has 3 heterocycles. The average Bonchev–Trinajstić information content (AvgIpc) is 3.97. The van der Waals surface area contributed by atoms with Crippen LogP contribution in [-0.2, 0) is 0 Å². The van der Waals surface area contributed by atoms with E-state index >= 15 is 0 Å². The maximum absolute atomic E-state index is 14.6. The van der Waals surface area contributed by atoms with Gasteiger partial charge in [0.2, 0.25) is 0 Å². The van der Waals surface area contributed by atoms with Gasteiger partial charge in [-0.05, 0) is 109 Å². The summed E-state index contributed by atoms with van der Waals surface area (Å²) >= 11 is 0. The van der Waals surface area contributed by atoms with Crippen LogP contribution in [-0.4, -0.2) is 4.57 Å². The van der Waals surface area contributed by atoms with Crippen molar-refractivity contribution < 1.29 is 13.2 Å². The van der Waals surface area contributed by atoms with Crippen LogP contribution in [0.2, 0.25) is 0 Å². The van der Waals surface area contributed by atoms with Crippen molar-refractivity contribution in [2.75, 3.05) is 9.80 Å². The van der Waals surface area contributed by atoms with Gasteiger partial charge in [0, 0.05) is 66.8 Å². The Morgan fingerprint density at radius 1 is 0.350 bits per heavy atom. The molecule has 0 saturated heterocycles. The van der Waals surface area contributed by atoms with Crippen LogP contribution in [0.25, 0.3) is 71.4 Å². The summed E-state index contributed by atoms with van der Waals surface area (Å²) in [5.74, 6) is -0.283. The minimum Gasteiger partial charge on any atom is -0.456 e. The Morgan fingerprint density at radius 3 is 1.63 bits per heavy atom. The van der Waals surface area contributed by atoms with Crippen LogP contribution in [0.3, 0.4) is 0 Å². The zero-order valence-electron chi connectivity index (χ0n) is 32.2. The Balaban J connectivity index is 1.20. The van der Waals surface area contributed by atoms with Gasteiger partial charge in [0.1, 0.15) is 28.1 Å². The van der Waals surface area contributed by atoms with Gasteiger partial charge in [-0.1, -0.05) is 91.0 Å². The third kappa shape index (κ3) is 5.38. The van der Waals surface area contributed by atoms with Crippen LogP contribution >= 0.6 is 0 Å². The Kier molecular flexibility index (Phi) is 7.65. The van der Waals surface area contributed by atoms with Crippen LogP contribution < -0.4 is 9.80 Å². The number of rotatable bonds is 7. The first-order chi connectivity index (χ1) is 29.7. The van der Waals surface area contributed by atoms with Crippen molar-refractivity contribution in [3.05, 3.63) is 212 Å². The number of benzene rings is 9. The molecule has 0 atom stereocenters. The van der Waals surface area contributed by atoms with Crippen molar-refractivity contribution in [2.45, 2.75) is 0 Å². The second kappa shape index (κ2) is 13.5. The van der Waals surface area contributed by atoms with E-state index in [2.05, 4.69) is 154 Å². The van der Waals surface area contributed by atoms with Gasteiger partial charge in [-0.3, -0.25) is 0 Å². The quantitative estimate of drug-likeness (QED) is 0.162. The van der Waals surface area contributed by atoms with Gasteiger partial charge in [-0.15, -0.1) is 0 Å². The fourth-order valence-electron chi connectivity index (χ4n) is 8.97. The molecule has 6 heteroatoms. The highest BCUT2D eigenvalue weighted by Gasteiger charge is 2.26. The number of hydrogen-bond acceptors (Lipinski definition) is 4. The molecule has 0 spiro atoms. The summed E-state index contributed by atoms with van der Waals surface area (Å²) in [4.78, 5) is 4.64. The van der Waals surface area contributed by atoms with Crippen LogP contribution in [0.4, 0.5) is 38.5 Å². The molecule has 284 valence electrons. The van der Waals surface area contributed by atoms with Crippen molar-refractivity contribution in [3.8, 4) is 5.69 Å². The number of hydrogen-bond donors (Lipinski definition) is 0. The average molecular weight is 776 g/mol. The van der Waals surface area contributed by atoms with Gasteiger partial charge >= 0.3 is 0 Å². The SMILES string of the molecule is Fc1ccc(-n2c3ccccc3c3c(N(c4ccccc4)c4ccc5oc6ccccc6c5c4)cc(N(c4ccccc4)c4ccc5c(c4)oc4ccccc45)cc32)cc1. The number of halogens is 1. The molecule has 0 bridgehead atoms. The molecule has 0 aliphatic carbocycles. The van der Waals surface area contributed by atoms with Gasteiger partial charge in [0.15, 0.2) is 0 Å². The first-order valence-corrected chi connectivity index (χ1v) is 20.0. The van der Waals surface area contributed by atoms with E-state index in [0.717, 1.165) is 105 Å². The zero-order chi connectivity index (χ0) is 39.7. The van der Waals surface area contributed by atoms with Crippen LogP contribution in [0, 0.1) is 5.82 Å². The maximum atomic E-state index is 14.6. The Bertz CT molecular complexity index is 3570. The van der Waals surface area contributed by atoms with Crippen LogP contribution in [0.5, 0.6) is 0 Å². The summed E-state index contributed by atoms with van der Waals surface area (Å²) in [7, 11) is 0. The van der Waals surface area contributed by atoms with E-state index in [0.29, 0.717) is 0 Å². The van der Waals surface area contributed by atoms with Crippen molar-refractivity contribution >= 4 is 99.8 Å². The molecule has 12 aromatic rings. The lowest BCUT2D eigenvalue weighted by molar-refractivity contribution is 0.627. The number of aromatic nitrogens is 1. The van der Waals surface area contributed by atoms with Gasteiger partial charge in [-0.25, -0.2) is 4.39 Å². The molecule has 0 amide bonds. The first kappa shape index (κ1) is 34.0. The fourth-order valence-corrected chi connectivity index (χ4v) is 8.97. The fraction of sp³-hybridized carbons (Fsp3) is 0. The molecule has 0 unspecified atom stereocenters. The lowest BCUT2D eigenvalue weighted by Crippen LogP contribution is -2.14. The van der Waals surface area contributed by atoms with Crippen molar-refractivity contribution in [1.82, 2.24) is 4.57 Å². The number of nitrogens with zero attached hydrogens (tertiary/aromatic N) is 3. The van der Waals surface area contributed by atoms with Crippen LogP contribution in [0.15, 0.2) is 215 Å². The summed E-state index contributed by atoms with van der Waals surface area (Å²) in [5, 5.41) is 6.37. The third-order valence-corrected chi connectivity index (χ3v) is 11.6. The monoisotopic (exact) mass is 775 g/mol. The summed E-state index contributed by atoms with van der Waals surface area (Å²) in [6.45, 7) is 0. The molecule has 60 heavy (non-hydrogen) atoms. The van der Waals surface area contributed by atoms with Crippen molar-refractivity contribution in [2.24, 2.45) is 0 Å². The molecule has 12 rings (SSSR count). The summed E-state index contributed by atoms with van der Waals surface area (Å²) in [5.41, 5.74) is 12.0. The van der Waals surface area contributed by atoms with Crippen molar-refractivity contribution in [3.63, 3.8) is 0 Å².